The van der Waals surface area contributed by atoms with Gasteiger partial charge in [0.2, 0.25) is 0 Å². The molecule has 0 spiro atoms. The summed E-state index contributed by atoms with van der Waals surface area (Å²) in [6.07, 6.45) is 2.67. The number of nitrogens with zero attached hydrogens (tertiary/aromatic N) is 1. The van der Waals surface area contributed by atoms with Crippen LogP contribution in [0.1, 0.15) is 47.5 Å². The summed E-state index contributed by atoms with van der Waals surface area (Å²) >= 11 is 0. The van der Waals surface area contributed by atoms with Crippen LogP contribution in [0.15, 0.2) is 0 Å². The summed E-state index contributed by atoms with van der Waals surface area (Å²) in [5.41, 5.74) is 0. The van der Waals surface area contributed by atoms with E-state index in [1.54, 1.807) is 0 Å². The molecule has 0 aromatic carbocycles. The van der Waals surface area contributed by atoms with Crippen molar-refractivity contribution in [2.24, 2.45) is 11.8 Å². The lowest BCUT2D eigenvalue weighted by molar-refractivity contribution is 0.292. The van der Waals surface area contributed by atoms with Crippen molar-refractivity contribution in [1.82, 2.24) is 4.90 Å². The zero-order valence-corrected chi connectivity index (χ0v) is 10.7. The molecular formula is C12H29N. The monoisotopic (exact) mass is 187 g/mol. The predicted molar refractivity (Wildman–Crippen MR) is 63.1 cm³/mol. The number of rotatable bonds is 5. The Hall–Kier alpha value is -0.0400. The summed E-state index contributed by atoms with van der Waals surface area (Å²) in [4.78, 5) is 2.27. The maximum absolute atomic E-state index is 2.32. The Morgan fingerprint density at radius 3 is 1.77 bits per heavy atom. The molecule has 0 radical (unpaired) electrons. The van der Waals surface area contributed by atoms with E-state index >= 15 is 0 Å². The maximum atomic E-state index is 2.32. The van der Waals surface area contributed by atoms with Crippen molar-refractivity contribution in [3.05, 3.63) is 0 Å². The standard InChI is InChI=1S/C10H23N.C2H6/c1-6-10(9(2)3)7-8-11(4)5;1-2/h9-10H,6-8H2,1-5H3;1-2H3. The summed E-state index contributed by atoms with van der Waals surface area (Å²) < 4.78 is 0. The van der Waals surface area contributed by atoms with Crippen LogP contribution in [0, 0.1) is 11.8 Å². The van der Waals surface area contributed by atoms with Crippen LogP contribution in [0.2, 0.25) is 0 Å². The fourth-order valence-electron chi connectivity index (χ4n) is 1.43. The van der Waals surface area contributed by atoms with Crippen LogP contribution in [0.3, 0.4) is 0 Å². The normalized spacial score (nSPS) is 12.7. The van der Waals surface area contributed by atoms with Gasteiger partial charge in [-0.2, -0.15) is 0 Å². The van der Waals surface area contributed by atoms with Gasteiger partial charge in [0.05, 0.1) is 0 Å². The van der Waals surface area contributed by atoms with Gasteiger partial charge in [0.1, 0.15) is 0 Å². The number of hydrogen-bond donors (Lipinski definition) is 0. The molecule has 0 aliphatic rings. The first-order valence-corrected chi connectivity index (χ1v) is 5.72. The van der Waals surface area contributed by atoms with Crippen LogP contribution in [0.4, 0.5) is 0 Å². The van der Waals surface area contributed by atoms with Crippen molar-refractivity contribution in [1.29, 1.82) is 0 Å². The zero-order chi connectivity index (χ0) is 10.9. The van der Waals surface area contributed by atoms with Crippen molar-refractivity contribution in [2.45, 2.75) is 47.5 Å². The van der Waals surface area contributed by atoms with E-state index in [9.17, 15) is 0 Å². The van der Waals surface area contributed by atoms with Gasteiger partial charge in [0.15, 0.2) is 0 Å². The molecule has 0 aliphatic heterocycles. The molecule has 0 aromatic rings. The molecule has 0 rings (SSSR count). The lowest BCUT2D eigenvalue weighted by atomic mass is 9.90. The minimum Gasteiger partial charge on any atom is -0.309 e. The molecule has 0 amide bonds. The van der Waals surface area contributed by atoms with E-state index in [0.29, 0.717) is 0 Å². The van der Waals surface area contributed by atoms with Gasteiger partial charge in [-0.15, -0.1) is 0 Å². The Morgan fingerprint density at radius 1 is 1.08 bits per heavy atom. The van der Waals surface area contributed by atoms with E-state index in [4.69, 9.17) is 0 Å². The second kappa shape index (κ2) is 10.0. The maximum Gasteiger partial charge on any atom is -0.00221 e. The lowest BCUT2D eigenvalue weighted by Gasteiger charge is -2.20. The molecule has 0 aromatic heterocycles. The predicted octanol–water partition coefficient (Wildman–Crippen LogP) is 3.65. The van der Waals surface area contributed by atoms with Crippen LogP contribution in [-0.2, 0) is 0 Å². The summed E-state index contributed by atoms with van der Waals surface area (Å²) in [6.45, 7) is 12.2. The minimum absolute atomic E-state index is 0.847. The molecule has 0 N–H and O–H groups in total. The van der Waals surface area contributed by atoms with Crippen LogP contribution in [0.5, 0.6) is 0 Å². The Morgan fingerprint density at radius 2 is 1.54 bits per heavy atom. The Labute approximate surface area is 85.5 Å². The lowest BCUT2D eigenvalue weighted by Crippen LogP contribution is -2.18. The first kappa shape index (κ1) is 15.4. The molecule has 82 valence electrons. The summed E-state index contributed by atoms with van der Waals surface area (Å²) in [5.74, 6) is 1.76. The molecule has 1 nitrogen and oxygen atoms in total. The van der Waals surface area contributed by atoms with Crippen molar-refractivity contribution in [3.63, 3.8) is 0 Å². The quantitative estimate of drug-likeness (QED) is 0.635. The Bertz CT molecular complexity index is 87.1. The average Bonchev–Trinajstić information content (AvgIpc) is 2.08. The molecule has 0 saturated carbocycles. The van der Waals surface area contributed by atoms with E-state index in [0.717, 1.165) is 11.8 Å². The topological polar surface area (TPSA) is 3.24 Å². The molecule has 1 heteroatoms. The van der Waals surface area contributed by atoms with E-state index in [2.05, 4.69) is 39.8 Å². The van der Waals surface area contributed by atoms with Gasteiger partial charge in [-0.25, -0.2) is 0 Å². The summed E-state index contributed by atoms with van der Waals surface area (Å²) in [7, 11) is 4.29. The minimum atomic E-state index is 0.847. The molecule has 1 atom stereocenters. The van der Waals surface area contributed by atoms with Gasteiger partial charge in [0, 0.05) is 0 Å². The molecule has 0 heterocycles. The first-order valence-electron chi connectivity index (χ1n) is 5.72. The average molecular weight is 187 g/mol. The summed E-state index contributed by atoms with van der Waals surface area (Å²) in [5, 5.41) is 0. The summed E-state index contributed by atoms with van der Waals surface area (Å²) in [6, 6.07) is 0. The molecule has 0 aliphatic carbocycles. The molecule has 0 saturated heterocycles. The molecule has 0 fully saturated rings. The van der Waals surface area contributed by atoms with Gasteiger partial charge in [-0.3, -0.25) is 0 Å². The van der Waals surface area contributed by atoms with Crippen LogP contribution in [-0.4, -0.2) is 25.5 Å². The third-order valence-electron chi connectivity index (χ3n) is 2.41. The van der Waals surface area contributed by atoms with Crippen molar-refractivity contribution in [3.8, 4) is 0 Å². The SMILES string of the molecule is CC.CCC(CCN(C)C)C(C)C. The number of hydrogen-bond acceptors (Lipinski definition) is 1. The second-order valence-electron chi connectivity index (χ2n) is 4.00. The highest BCUT2D eigenvalue weighted by Crippen LogP contribution is 2.18. The van der Waals surface area contributed by atoms with Gasteiger partial charge in [-0.1, -0.05) is 41.0 Å². The van der Waals surface area contributed by atoms with E-state index in [1.807, 2.05) is 13.8 Å². The van der Waals surface area contributed by atoms with Crippen LogP contribution < -0.4 is 0 Å². The van der Waals surface area contributed by atoms with E-state index in [1.165, 1.54) is 19.4 Å². The fourth-order valence-corrected chi connectivity index (χ4v) is 1.43. The third kappa shape index (κ3) is 9.88. The highest BCUT2D eigenvalue weighted by atomic mass is 15.0. The van der Waals surface area contributed by atoms with Gasteiger partial charge in [0.25, 0.3) is 0 Å². The fraction of sp³-hybridized carbons (Fsp3) is 1.00. The molecule has 13 heavy (non-hydrogen) atoms. The smallest absolute Gasteiger partial charge is 0.00221 e. The molecule has 1 unspecified atom stereocenters. The highest BCUT2D eigenvalue weighted by molar-refractivity contribution is 4.62. The third-order valence-corrected chi connectivity index (χ3v) is 2.41. The van der Waals surface area contributed by atoms with Gasteiger partial charge < -0.3 is 4.90 Å². The second-order valence-corrected chi connectivity index (χ2v) is 4.00. The van der Waals surface area contributed by atoms with Gasteiger partial charge >= 0.3 is 0 Å². The molecular weight excluding hydrogens is 158 g/mol. The van der Waals surface area contributed by atoms with E-state index in [-0.39, 0.29) is 0 Å². The molecule has 0 bridgehead atoms. The largest absolute Gasteiger partial charge is 0.309 e. The Kier molecular flexibility index (Phi) is 11.9. The van der Waals surface area contributed by atoms with Crippen LogP contribution >= 0.6 is 0 Å². The van der Waals surface area contributed by atoms with Crippen molar-refractivity contribution >= 4 is 0 Å². The van der Waals surface area contributed by atoms with Crippen LogP contribution in [0.25, 0.3) is 0 Å². The van der Waals surface area contributed by atoms with Gasteiger partial charge in [-0.05, 0) is 38.9 Å². The highest BCUT2D eigenvalue weighted by Gasteiger charge is 2.10. The Balaban J connectivity index is 0. The van der Waals surface area contributed by atoms with Crippen molar-refractivity contribution < 1.29 is 0 Å². The van der Waals surface area contributed by atoms with E-state index < -0.39 is 0 Å². The zero-order valence-electron chi connectivity index (χ0n) is 10.7. The first-order chi connectivity index (χ1) is 6.07. The van der Waals surface area contributed by atoms with Crippen molar-refractivity contribution in [2.75, 3.05) is 20.6 Å².